The Morgan fingerprint density at radius 3 is 2.56 bits per heavy atom. The van der Waals surface area contributed by atoms with E-state index in [1.807, 2.05) is 0 Å². The molecule has 4 heteroatoms. The number of carbonyl (C=O) groups excluding carboxylic acids is 1. The Kier molecular flexibility index (Phi) is 3.82. The minimum Gasteiger partial charge on any atom is -0.353 e. The molecule has 2 rings (SSSR count). The molecule has 2 atom stereocenters. The van der Waals surface area contributed by atoms with Crippen LogP contribution in [0.1, 0.15) is 38.5 Å². The molecule has 1 amide bonds. The lowest BCUT2D eigenvalue weighted by molar-refractivity contribution is -0.122. The summed E-state index contributed by atoms with van der Waals surface area (Å²) in [6, 6.07) is 1.73. The lowest BCUT2D eigenvalue weighted by Crippen LogP contribution is -2.55. The van der Waals surface area contributed by atoms with Crippen molar-refractivity contribution < 1.29 is 4.79 Å². The van der Waals surface area contributed by atoms with Crippen molar-refractivity contribution in [3.8, 4) is 0 Å². The van der Waals surface area contributed by atoms with Crippen molar-refractivity contribution >= 4 is 5.91 Å². The van der Waals surface area contributed by atoms with Gasteiger partial charge in [-0.2, -0.15) is 0 Å². The molecule has 0 radical (unpaired) electrons. The predicted octanol–water partition coefficient (Wildman–Crippen LogP) is 0.467. The quantitative estimate of drug-likeness (QED) is 0.734. The number of nitrogens with two attached hydrogens (primary N) is 1. The van der Waals surface area contributed by atoms with Crippen molar-refractivity contribution in [2.45, 2.75) is 56.7 Å². The van der Waals surface area contributed by atoms with Crippen LogP contribution in [0.15, 0.2) is 0 Å². The van der Waals surface area contributed by atoms with Crippen LogP contribution in [0.2, 0.25) is 0 Å². The van der Waals surface area contributed by atoms with Gasteiger partial charge < -0.3 is 16.0 Å². The maximum Gasteiger partial charge on any atom is 0.221 e. The van der Waals surface area contributed by atoms with E-state index in [0.29, 0.717) is 31.1 Å². The van der Waals surface area contributed by atoms with E-state index in [-0.39, 0.29) is 5.91 Å². The first-order chi connectivity index (χ1) is 7.70. The summed E-state index contributed by atoms with van der Waals surface area (Å²) >= 11 is 0. The van der Waals surface area contributed by atoms with E-state index in [9.17, 15) is 4.79 Å². The molecule has 2 aliphatic rings. The number of hydrogen-bond acceptors (Lipinski definition) is 3. The standard InChI is InChI=1S/C12H23N3O/c1-15-10-3-2-4-11(15)8-9(7-10)14-12(16)5-6-13/h9-11H,2-8,13H2,1H3,(H,14,16). The van der Waals surface area contributed by atoms with Gasteiger partial charge >= 0.3 is 0 Å². The number of nitrogens with zero attached hydrogens (tertiary/aromatic N) is 1. The first kappa shape index (κ1) is 11.9. The largest absolute Gasteiger partial charge is 0.353 e. The summed E-state index contributed by atoms with van der Waals surface area (Å²) in [7, 11) is 2.23. The first-order valence-electron chi connectivity index (χ1n) is 6.42. The van der Waals surface area contributed by atoms with E-state index in [0.717, 1.165) is 12.8 Å². The Bertz CT molecular complexity index is 243. The highest BCUT2D eigenvalue weighted by Gasteiger charge is 2.36. The summed E-state index contributed by atoms with van der Waals surface area (Å²) in [4.78, 5) is 14.0. The monoisotopic (exact) mass is 225 g/mol. The van der Waals surface area contributed by atoms with Crippen LogP contribution in [0.3, 0.4) is 0 Å². The van der Waals surface area contributed by atoms with E-state index in [1.165, 1.54) is 19.3 Å². The van der Waals surface area contributed by atoms with Gasteiger partial charge in [-0.05, 0) is 32.7 Å². The van der Waals surface area contributed by atoms with Gasteiger partial charge in [-0.15, -0.1) is 0 Å². The van der Waals surface area contributed by atoms with Crippen molar-refractivity contribution in [1.29, 1.82) is 0 Å². The highest BCUT2D eigenvalue weighted by molar-refractivity contribution is 5.76. The normalized spacial score (nSPS) is 34.8. The Balaban J connectivity index is 1.87. The average Bonchev–Trinajstić information content (AvgIpc) is 2.20. The van der Waals surface area contributed by atoms with Crippen LogP contribution < -0.4 is 11.1 Å². The summed E-state index contributed by atoms with van der Waals surface area (Å²) in [5, 5.41) is 3.12. The van der Waals surface area contributed by atoms with Crippen molar-refractivity contribution in [2.75, 3.05) is 13.6 Å². The van der Waals surface area contributed by atoms with Crippen LogP contribution in [0.4, 0.5) is 0 Å². The zero-order chi connectivity index (χ0) is 11.5. The lowest BCUT2D eigenvalue weighted by atomic mass is 9.82. The molecule has 3 N–H and O–H groups in total. The third-order valence-electron chi connectivity index (χ3n) is 4.08. The van der Waals surface area contributed by atoms with E-state index in [4.69, 9.17) is 5.73 Å². The molecule has 0 aromatic carbocycles. The Morgan fingerprint density at radius 2 is 2.00 bits per heavy atom. The van der Waals surface area contributed by atoms with Gasteiger partial charge in [0.2, 0.25) is 5.91 Å². The molecular weight excluding hydrogens is 202 g/mol. The van der Waals surface area contributed by atoms with Gasteiger partial charge in [-0.25, -0.2) is 0 Å². The molecule has 2 saturated heterocycles. The number of nitrogens with one attached hydrogen (secondary N) is 1. The fourth-order valence-electron chi connectivity index (χ4n) is 3.16. The zero-order valence-electron chi connectivity index (χ0n) is 10.1. The van der Waals surface area contributed by atoms with Crippen molar-refractivity contribution in [3.63, 3.8) is 0 Å². The maximum atomic E-state index is 11.5. The summed E-state index contributed by atoms with van der Waals surface area (Å²) in [6.45, 7) is 0.450. The summed E-state index contributed by atoms with van der Waals surface area (Å²) < 4.78 is 0. The van der Waals surface area contributed by atoms with Gasteiger partial charge in [-0.3, -0.25) is 4.79 Å². The van der Waals surface area contributed by atoms with E-state index < -0.39 is 0 Å². The maximum absolute atomic E-state index is 11.5. The molecule has 2 fully saturated rings. The zero-order valence-corrected chi connectivity index (χ0v) is 10.1. The average molecular weight is 225 g/mol. The smallest absolute Gasteiger partial charge is 0.221 e. The van der Waals surface area contributed by atoms with Crippen LogP contribution in [0.25, 0.3) is 0 Å². The van der Waals surface area contributed by atoms with E-state index >= 15 is 0 Å². The second-order valence-electron chi connectivity index (χ2n) is 5.18. The molecular formula is C12H23N3O. The van der Waals surface area contributed by atoms with Crippen LogP contribution in [-0.2, 0) is 4.79 Å². The molecule has 16 heavy (non-hydrogen) atoms. The highest BCUT2D eigenvalue weighted by Crippen LogP contribution is 2.32. The number of piperidine rings is 2. The van der Waals surface area contributed by atoms with Crippen molar-refractivity contribution in [1.82, 2.24) is 10.2 Å². The molecule has 0 aliphatic carbocycles. The molecule has 4 nitrogen and oxygen atoms in total. The van der Waals surface area contributed by atoms with Crippen LogP contribution >= 0.6 is 0 Å². The van der Waals surface area contributed by atoms with Gasteiger partial charge in [0.15, 0.2) is 0 Å². The van der Waals surface area contributed by atoms with Crippen LogP contribution in [0, 0.1) is 0 Å². The van der Waals surface area contributed by atoms with Gasteiger partial charge in [-0.1, -0.05) is 6.42 Å². The molecule has 2 bridgehead atoms. The molecule has 0 spiro atoms. The molecule has 92 valence electrons. The molecule has 0 saturated carbocycles. The molecule has 2 heterocycles. The molecule has 0 aromatic rings. The summed E-state index contributed by atoms with van der Waals surface area (Å²) in [5.74, 6) is 0.120. The van der Waals surface area contributed by atoms with Gasteiger partial charge in [0.1, 0.15) is 0 Å². The van der Waals surface area contributed by atoms with Gasteiger partial charge in [0.25, 0.3) is 0 Å². The fourth-order valence-corrected chi connectivity index (χ4v) is 3.16. The van der Waals surface area contributed by atoms with Gasteiger partial charge in [0.05, 0.1) is 0 Å². The highest BCUT2D eigenvalue weighted by atomic mass is 16.1. The summed E-state index contributed by atoms with van der Waals surface area (Å²) in [6.07, 6.45) is 6.62. The Hall–Kier alpha value is -0.610. The van der Waals surface area contributed by atoms with Crippen LogP contribution in [0.5, 0.6) is 0 Å². The van der Waals surface area contributed by atoms with Gasteiger partial charge in [0, 0.05) is 31.1 Å². The van der Waals surface area contributed by atoms with E-state index in [2.05, 4.69) is 17.3 Å². The SMILES string of the molecule is CN1C2CCCC1CC(NC(=O)CCN)C2. The topological polar surface area (TPSA) is 58.4 Å². The number of fused-ring (bicyclic) bond motifs is 2. The second kappa shape index (κ2) is 5.15. The first-order valence-corrected chi connectivity index (χ1v) is 6.42. The number of rotatable bonds is 3. The minimum absolute atomic E-state index is 0.120. The number of amides is 1. The second-order valence-corrected chi connectivity index (χ2v) is 5.18. The molecule has 2 aliphatic heterocycles. The molecule has 2 unspecified atom stereocenters. The third kappa shape index (κ3) is 2.55. The lowest BCUT2D eigenvalue weighted by Gasteiger charge is -2.47. The van der Waals surface area contributed by atoms with Crippen molar-refractivity contribution in [3.05, 3.63) is 0 Å². The molecule has 0 aromatic heterocycles. The Labute approximate surface area is 97.6 Å². The fraction of sp³-hybridized carbons (Fsp3) is 0.917. The van der Waals surface area contributed by atoms with Crippen molar-refractivity contribution in [2.24, 2.45) is 5.73 Å². The van der Waals surface area contributed by atoms with Crippen LogP contribution in [-0.4, -0.2) is 42.5 Å². The Morgan fingerprint density at radius 1 is 1.38 bits per heavy atom. The van der Waals surface area contributed by atoms with E-state index in [1.54, 1.807) is 0 Å². The third-order valence-corrected chi connectivity index (χ3v) is 4.08. The number of hydrogen-bond donors (Lipinski definition) is 2. The minimum atomic E-state index is 0.120. The number of carbonyl (C=O) groups is 1. The predicted molar refractivity (Wildman–Crippen MR) is 64.0 cm³/mol. The summed E-state index contributed by atoms with van der Waals surface area (Å²) in [5.41, 5.74) is 5.38.